The SMILES string of the molecule is CCN1CCN(c2nc3c(C)cccn3c(=O)c2C=C2SC(=S)N(CCCCCC(=O)O)C2=O)CC1. The van der Waals surface area contributed by atoms with Crippen molar-refractivity contribution in [2.24, 2.45) is 0 Å². The van der Waals surface area contributed by atoms with Crippen molar-refractivity contribution in [3.63, 3.8) is 0 Å². The first kappa shape index (κ1) is 26.3. The van der Waals surface area contributed by atoms with Gasteiger partial charge in [0.25, 0.3) is 11.5 Å². The lowest BCUT2D eigenvalue weighted by Gasteiger charge is -2.35. The molecule has 2 saturated heterocycles. The summed E-state index contributed by atoms with van der Waals surface area (Å²) in [5.41, 5.74) is 1.70. The Morgan fingerprint density at radius 2 is 1.94 bits per heavy atom. The molecule has 4 rings (SSSR count). The van der Waals surface area contributed by atoms with Crippen molar-refractivity contribution >= 4 is 57.7 Å². The van der Waals surface area contributed by atoms with Gasteiger partial charge in [0.1, 0.15) is 15.8 Å². The molecule has 0 unspecified atom stereocenters. The summed E-state index contributed by atoms with van der Waals surface area (Å²) in [4.78, 5) is 48.9. The normalized spacial score (nSPS) is 18.1. The molecule has 2 aliphatic heterocycles. The van der Waals surface area contributed by atoms with E-state index >= 15 is 0 Å². The van der Waals surface area contributed by atoms with Gasteiger partial charge in [0, 0.05) is 45.3 Å². The van der Waals surface area contributed by atoms with Crippen molar-refractivity contribution in [1.29, 1.82) is 0 Å². The van der Waals surface area contributed by atoms with E-state index in [4.69, 9.17) is 22.3 Å². The number of pyridine rings is 1. The van der Waals surface area contributed by atoms with Gasteiger partial charge in [-0.3, -0.25) is 23.7 Å². The predicted octanol–water partition coefficient (Wildman–Crippen LogP) is 2.99. The summed E-state index contributed by atoms with van der Waals surface area (Å²) in [5.74, 6) is -0.441. The molecule has 4 heterocycles. The number of fused-ring (bicyclic) bond motifs is 1. The number of unbranched alkanes of at least 4 members (excludes halogenated alkanes) is 2. The van der Waals surface area contributed by atoms with E-state index in [0.717, 1.165) is 38.3 Å². The first-order chi connectivity index (χ1) is 17.3. The monoisotopic (exact) mass is 529 g/mol. The van der Waals surface area contributed by atoms with Gasteiger partial charge in [0.2, 0.25) is 0 Å². The first-order valence-corrected chi connectivity index (χ1v) is 13.5. The molecular formula is C25H31N5O4S2. The van der Waals surface area contributed by atoms with Crippen LogP contribution < -0.4 is 10.5 Å². The van der Waals surface area contributed by atoms with E-state index in [1.165, 1.54) is 16.2 Å². The maximum absolute atomic E-state index is 13.6. The van der Waals surface area contributed by atoms with Crippen molar-refractivity contribution in [2.45, 2.75) is 39.5 Å². The number of aromatic nitrogens is 2. The molecule has 0 aliphatic carbocycles. The van der Waals surface area contributed by atoms with Crippen LogP contribution in [0.1, 0.15) is 43.7 Å². The number of carboxylic acids is 1. The Balaban J connectivity index is 1.64. The summed E-state index contributed by atoms with van der Waals surface area (Å²) in [6.45, 7) is 8.75. The number of likely N-dealkylation sites (N-methyl/N-ethyl adjacent to an activating group) is 1. The number of nitrogens with zero attached hydrogens (tertiary/aromatic N) is 5. The van der Waals surface area contributed by atoms with Gasteiger partial charge in [-0.1, -0.05) is 43.4 Å². The van der Waals surface area contributed by atoms with Gasteiger partial charge >= 0.3 is 5.97 Å². The Labute approximate surface area is 219 Å². The van der Waals surface area contributed by atoms with Crippen LogP contribution >= 0.6 is 24.0 Å². The maximum atomic E-state index is 13.6. The molecule has 2 aliphatic rings. The van der Waals surface area contributed by atoms with E-state index in [1.807, 2.05) is 19.1 Å². The smallest absolute Gasteiger partial charge is 0.303 e. The third-order valence-corrected chi connectivity index (χ3v) is 7.98. The zero-order valence-corrected chi connectivity index (χ0v) is 22.2. The molecule has 0 aromatic carbocycles. The lowest BCUT2D eigenvalue weighted by atomic mass is 10.2. The van der Waals surface area contributed by atoms with Crippen molar-refractivity contribution in [2.75, 3.05) is 44.2 Å². The molecule has 2 fully saturated rings. The van der Waals surface area contributed by atoms with Crippen LogP contribution in [0.25, 0.3) is 11.7 Å². The first-order valence-electron chi connectivity index (χ1n) is 12.3. The van der Waals surface area contributed by atoms with Gasteiger partial charge in [-0.15, -0.1) is 0 Å². The summed E-state index contributed by atoms with van der Waals surface area (Å²) in [6.07, 6.45) is 5.40. The molecular weight excluding hydrogens is 498 g/mol. The molecule has 36 heavy (non-hydrogen) atoms. The predicted molar refractivity (Wildman–Crippen MR) is 147 cm³/mol. The van der Waals surface area contributed by atoms with Crippen LogP contribution in [-0.2, 0) is 9.59 Å². The van der Waals surface area contributed by atoms with E-state index < -0.39 is 5.97 Å². The fourth-order valence-electron chi connectivity index (χ4n) is 4.49. The number of carbonyl (C=O) groups is 2. The fourth-order valence-corrected chi connectivity index (χ4v) is 5.78. The standard InChI is InChI=1S/C25H31N5O4S2/c1-3-27-12-14-28(15-13-27)22-18(23(33)29-11-7-8-17(2)21(29)26-22)16-19-24(34)30(25(35)36-19)10-6-4-5-9-20(31)32/h7-8,11,16H,3-6,9-10,12-15H2,1-2H3,(H,31,32). The third kappa shape index (κ3) is 5.63. The third-order valence-electron chi connectivity index (χ3n) is 6.60. The van der Waals surface area contributed by atoms with Gasteiger partial charge in [-0.25, -0.2) is 4.98 Å². The number of rotatable bonds is 9. The molecule has 1 amide bonds. The van der Waals surface area contributed by atoms with Crippen molar-refractivity contribution in [1.82, 2.24) is 19.2 Å². The summed E-state index contributed by atoms with van der Waals surface area (Å²) in [6, 6.07) is 3.75. The Morgan fingerprint density at radius 3 is 2.64 bits per heavy atom. The van der Waals surface area contributed by atoms with Crippen LogP contribution in [0.3, 0.4) is 0 Å². The number of hydrogen-bond acceptors (Lipinski definition) is 8. The van der Waals surface area contributed by atoms with Gasteiger partial charge < -0.3 is 14.9 Å². The molecule has 192 valence electrons. The van der Waals surface area contributed by atoms with E-state index in [2.05, 4.69) is 16.7 Å². The lowest BCUT2D eigenvalue weighted by molar-refractivity contribution is -0.137. The van der Waals surface area contributed by atoms with Crippen LogP contribution in [0, 0.1) is 6.92 Å². The highest BCUT2D eigenvalue weighted by atomic mass is 32.2. The van der Waals surface area contributed by atoms with E-state index in [0.29, 0.717) is 52.1 Å². The van der Waals surface area contributed by atoms with E-state index in [9.17, 15) is 14.4 Å². The van der Waals surface area contributed by atoms with Crippen molar-refractivity contribution < 1.29 is 14.7 Å². The van der Waals surface area contributed by atoms with Crippen molar-refractivity contribution in [3.8, 4) is 0 Å². The zero-order chi connectivity index (χ0) is 25.8. The molecule has 2 aromatic rings. The van der Waals surface area contributed by atoms with Crippen LogP contribution in [0.4, 0.5) is 5.82 Å². The van der Waals surface area contributed by atoms with Crippen LogP contribution in [0.15, 0.2) is 28.0 Å². The van der Waals surface area contributed by atoms with E-state index in [-0.39, 0.29) is 17.9 Å². The lowest BCUT2D eigenvalue weighted by Crippen LogP contribution is -2.47. The minimum atomic E-state index is -0.819. The topological polar surface area (TPSA) is 98.5 Å². The van der Waals surface area contributed by atoms with E-state index in [1.54, 1.807) is 17.2 Å². The number of thiocarbonyl (C=S) groups is 1. The van der Waals surface area contributed by atoms with Crippen LogP contribution in [0.5, 0.6) is 0 Å². The number of carboxylic acid groups (broad SMARTS) is 1. The molecule has 0 spiro atoms. The number of piperazine rings is 1. The van der Waals surface area contributed by atoms with Gasteiger partial charge in [-0.05, 0) is 44.0 Å². The summed E-state index contributed by atoms with van der Waals surface area (Å²) < 4.78 is 1.99. The summed E-state index contributed by atoms with van der Waals surface area (Å²) in [5, 5.41) is 8.79. The molecule has 11 heteroatoms. The minimum absolute atomic E-state index is 0.117. The maximum Gasteiger partial charge on any atom is 0.303 e. The average Bonchev–Trinajstić information content (AvgIpc) is 3.13. The second-order valence-corrected chi connectivity index (χ2v) is 10.7. The van der Waals surface area contributed by atoms with Gasteiger partial charge in [0.15, 0.2) is 0 Å². The largest absolute Gasteiger partial charge is 0.481 e. The molecule has 0 radical (unpaired) electrons. The Morgan fingerprint density at radius 1 is 1.19 bits per heavy atom. The van der Waals surface area contributed by atoms with Gasteiger partial charge in [0.05, 0.1) is 10.5 Å². The molecule has 1 N–H and O–H groups in total. The molecule has 2 aromatic heterocycles. The Kier molecular flexibility index (Phi) is 8.43. The number of carbonyl (C=O) groups excluding carboxylic acids is 1. The molecule has 0 saturated carbocycles. The average molecular weight is 530 g/mol. The number of anilines is 1. The number of aliphatic carboxylic acids is 1. The quantitative estimate of drug-likeness (QED) is 0.299. The number of hydrogen-bond donors (Lipinski definition) is 1. The number of aryl methyl sites for hydroxylation is 1. The Hall–Kier alpha value is -2.76. The summed E-state index contributed by atoms with van der Waals surface area (Å²) >= 11 is 6.65. The fraction of sp³-hybridized carbons (Fsp3) is 0.480. The van der Waals surface area contributed by atoms with Crippen molar-refractivity contribution in [3.05, 3.63) is 44.7 Å². The molecule has 9 nitrogen and oxygen atoms in total. The molecule has 0 bridgehead atoms. The van der Waals surface area contributed by atoms with Crippen LogP contribution in [0.2, 0.25) is 0 Å². The summed E-state index contributed by atoms with van der Waals surface area (Å²) in [7, 11) is 0. The highest BCUT2D eigenvalue weighted by Gasteiger charge is 2.33. The Bertz CT molecular complexity index is 1270. The highest BCUT2D eigenvalue weighted by molar-refractivity contribution is 8.26. The minimum Gasteiger partial charge on any atom is -0.481 e. The molecule has 0 atom stereocenters. The number of amides is 1. The van der Waals surface area contributed by atoms with Crippen LogP contribution in [-0.4, -0.2) is 79.8 Å². The second-order valence-electron chi connectivity index (χ2n) is 9.00. The second kappa shape index (κ2) is 11.5. The zero-order valence-electron chi connectivity index (χ0n) is 20.6. The highest BCUT2D eigenvalue weighted by Crippen LogP contribution is 2.34. The number of thioether (sulfide) groups is 1. The van der Waals surface area contributed by atoms with Gasteiger partial charge in [-0.2, -0.15) is 0 Å².